The largest absolute Gasteiger partial charge is 0.375 e. The maximum atomic E-state index is 12.8. The number of hydrogen-bond donors (Lipinski definition) is 1. The van der Waals surface area contributed by atoms with Gasteiger partial charge in [0.15, 0.2) is 0 Å². The van der Waals surface area contributed by atoms with Crippen molar-refractivity contribution < 1.29 is 9.13 Å². The highest BCUT2D eigenvalue weighted by Crippen LogP contribution is 2.28. The Morgan fingerprint density at radius 3 is 2.71 bits per heavy atom. The third kappa shape index (κ3) is 3.41. The lowest BCUT2D eigenvalue weighted by molar-refractivity contribution is 0.0751. The molecule has 2 rings (SSSR count). The Kier molecular flexibility index (Phi) is 4.02. The summed E-state index contributed by atoms with van der Waals surface area (Å²) in [5, 5.41) is 0.405. The van der Waals surface area contributed by atoms with Crippen LogP contribution in [0.3, 0.4) is 0 Å². The monoisotopic (exact) mass is 257 g/mol. The van der Waals surface area contributed by atoms with Gasteiger partial charge in [-0.2, -0.15) is 0 Å². The fourth-order valence-corrected chi connectivity index (χ4v) is 2.45. The predicted molar refractivity (Wildman–Crippen MR) is 66.5 cm³/mol. The van der Waals surface area contributed by atoms with Crippen LogP contribution in [0.2, 0.25) is 5.02 Å². The Balaban J connectivity index is 1.85. The summed E-state index contributed by atoms with van der Waals surface area (Å²) >= 11 is 5.91. The number of benzene rings is 1. The fraction of sp³-hybridized carbons (Fsp3) is 0.538. The van der Waals surface area contributed by atoms with E-state index in [0.717, 1.165) is 18.4 Å². The second-order valence-corrected chi connectivity index (χ2v) is 5.21. The summed E-state index contributed by atoms with van der Waals surface area (Å²) in [6.07, 6.45) is 4.39. The SMILES string of the molecule is NC1(COCc2ccc(F)cc2Cl)CCCC1. The third-order valence-corrected chi connectivity index (χ3v) is 3.61. The molecule has 1 saturated carbocycles. The van der Waals surface area contributed by atoms with Crippen LogP contribution in [0.15, 0.2) is 18.2 Å². The van der Waals surface area contributed by atoms with Gasteiger partial charge in [-0.3, -0.25) is 0 Å². The zero-order chi connectivity index (χ0) is 12.3. The topological polar surface area (TPSA) is 35.2 Å². The lowest BCUT2D eigenvalue weighted by Gasteiger charge is -2.23. The molecule has 0 aromatic heterocycles. The highest BCUT2D eigenvalue weighted by Gasteiger charge is 2.29. The van der Waals surface area contributed by atoms with Crippen LogP contribution in [-0.2, 0) is 11.3 Å². The second kappa shape index (κ2) is 5.34. The molecule has 0 radical (unpaired) electrons. The van der Waals surface area contributed by atoms with Crippen molar-refractivity contribution >= 4 is 11.6 Å². The molecule has 1 aromatic carbocycles. The standard InChI is InChI=1S/C13H17ClFNO/c14-12-7-11(15)4-3-10(12)8-17-9-13(16)5-1-2-6-13/h3-4,7H,1-2,5-6,8-9,16H2. The quantitative estimate of drug-likeness (QED) is 0.899. The first-order valence-electron chi connectivity index (χ1n) is 5.90. The molecule has 0 saturated heterocycles. The lowest BCUT2D eigenvalue weighted by atomic mass is 10.0. The average molecular weight is 258 g/mol. The summed E-state index contributed by atoms with van der Waals surface area (Å²) in [5.74, 6) is -0.329. The van der Waals surface area contributed by atoms with Crippen LogP contribution in [-0.4, -0.2) is 12.1 Å². The molecule has 4 heteroatoms. The minimum Gasteiger partial charge on any atom is -0.375 e. The molecule has 0 unspecified atom stereocenters. The van der Waals surface area contributed by atoms with Gasteiger partial charge in [-0.15, -0.1) is 0 Å². The van der Waals surface area contributed by atoms with Crippen molar-refractivity contribution in [2.24, 2.45) is 5.73 Å². The van der Waals surface area contributed by atoms with E-state index in [1.54, 1.807) is 6.07 Å². The van der Waals surface area contributed by atoms with Crippen molar-refractivity contribution in [3.8, 4) is 0 Å². The molecule has 1 aliphatic rings. The molecule has 0 spiro atoms. The van der Waals surface area contributed by atoms with Crippen molar-refractivity contribution in [3.63, 3.8) is 0 Å². The van der Waals surface area contributed by atoms with Crippen molar-refractivity contribution in [3.05, 3.63) is 34.6 Å². The summed E-state index contributed by atoms with van der Waals surface area (Å²) in [4.78, 5) is 0. The molecule has 1 aromatic rings. The first-order valence-corrected chi connectivity index (χ1v) is 6.27. The number of halogens is 2. The highest BCUT2D eigenvalue weighted by atomic mass is 35.5. The molecule has 2 nitrogen and oxygen atoms in total. The van der Waals surface area contributed by atoms with Crippen LogP contribution < -0.4 is 5.73 Å². The van der Waals surface area contributed by atoms with Crippen molar-refractivity contribution in [1.82, 2.24) is 0 Å². The van der Waals surface area contributed by atoms with Crippen LogP contribution >= 0.6 is 11.6 Å². The molecular formula is C13H17ClFNO. The van der Waals surface area contributed by atoms with Gasteiger partial charge in [0, 0.05) is 10.6 Å². The molecule has 94 valence electrons. The van der Waals surface area contributed by atoms with Gasteiger partial charge < -0.3 is 10.5 Å². The van der Waals surface area contributed by atoms with E-state index in [1.807, 2.05) is 0 Å². The zero-order valence-electron chi connectivity index (χ0n) is 9.72. The van der Waals surface area contributed by atoms with E-state index in [2.05, 4.69) is 0 Å². The molecule has 0 aliphatic heterocycles. The summed E-state index contributed by atoms with van der Waals surface area (Å²) in [5.41, 5.74) is 6.79. The molecule has 0 heterocycles. The number of hydrogen-bond acceptors (Lipinski definition) is 2. The summed E-state index contributed by atoms with van der Waals surface area (Å²) in [6, 6.07) is 4.34. The maximum absolute atomic E-state index is 12.8. The van der Waals surface area contributed by atoms with E-state index < -0.39 is 0 Å². The van der Waals surface area contributed by atoms with E-state index in [0.29, 0.717) is 18.2 Å². The van der Waals surface area contributed by atoms with Crippen LogP contribution in [0.4, 0.5) is 4.39 Å². The molecule has 17 heavy (non-hydrogen) atoms. The third-order valence-electron chi connectivity index (χ3n) is 3.26. The summed E-state index contributed by atoms with van der Waals surface area (Å²) in [7, 11) is 0. The highest BCUT2D eigenvalue weighted by molar-refractivity contribution is 6.31. The Hall–Kier alpha value is -0.640. The van der Waals surface area contributed by atoms with Crippen molar-refractivity contribution in [2.45, 2.75) is 37.8 Å². The Morgan fingerprint density at radius 2 is 2.06 bits per heavy atom. The minimum absolute atomic E-state index is 0.174. The molecular weight excluding hydrogens is 241 g/mol. The van der Waals surface area contributed by atoms with Crippen LogP contribution in [0.5, 0.6) is 0 Å². The normalized spacial score (nSPS) is 18.5. The smallest absolute Gasteiger partial charge is 0.124 e. The van der Waals surface area contributed by atoms with Gasteiger partial charge in [-0.1, -0.05) is 30.5 Å². The van der Waals surface area contributed by atoms with Crippen molar-refractivity contribution in [1.29, 1.82) is 0 Å². The van der Waals surface area contributed by atoms with Gasteiger partial charge in [-0.25, -0.2) is 4.39 Å². The van der Waals surface area contributed by atoms with Crippen LogP contribution in [0.25, 0.3) is 0 Å². The van der Waals surface area contributed by atoms with Crippen molar-refractivity contribution in [2.75, 3.05) is 6.61 Å². The second-order valence-electron chi connectivity index (χ2n) is 4.80. The van der Waals surface area contributed by atoms with E-state index in [-0.39, 0.29) is 11.4 Å². The van der Waals surface area contributed by atoms with Crippen LogP contribution in [0.1, 0.15) is 31.2 Å². The molecule has 0 atom stereocenters. The lowest BCUT2D eigenvalue weighted by Crippen LogP contribution is -2.41. The first-order chi connectivity index (χ1) is 8.09. The predicted octanol–water partition coefficient (Wildman–Crippen LogP) is 3.27. The number of nitrogens with two attached hydrogens (primary N) is 1. The number of rotatable bonds is 4. The zero-order valence-corrected chi connectivity index (χ0v) is 10.5. The summed E-state index contributed by atoms with van der Waals surface area (Å²) < 4.78 is 18.4. The van der Waals surface area contributed by atoms with Gasteiger partial charge in [0.25, 0.3) is 0 Å². The molecule has 1 fully saturated rings. The Labute approximate surface area is 106 Å². The van der Waals surface area contributed by atoms with Gasteiger partial charge in [0.2, 0.25) is 0 Å². The van der Waals surface area contributed by atoms with Crippen LogP contribution in [0, 0.1) is 5.82 Å². The Bertz CT molecular complexity index is 391. The number of ether oxygens (including phenoxy) is 1. The van der Waals surface area contributed by atoms with E-state index >= 15 is 0 Å². The Morgan fingerprint density at radius 1 is 1.35 bits per heavy atom. The van der Waals surface area contributed by atoms with E-state index in [4.69, 9.17) is 22.1 Å². The van der Waals surface area contributed by atoms with Gasteiger partial charge in [0.05, 0.1) is 13.2 Å². The molecule has 0 bridgehead atoms. The molecule has 2 N–H and O–H groups in total. The fourth-order valence-electron chi connectivity index (χ4n) is 2.23. The van der Waals surface area contributed by atoms with E-state index in [9.17, 15) is 4.39 Å². The first kappa shape index (κ1) is 12.8. The summed E-state index contributed by atoms with van der Waals surface area (Å²) in [6.45, 7) is 0.929. The van der Waals surface area contributed by atoms with Gasteiger partial charge >= 0.3 is 0 Å². The van der Waals surface area contributed by atoms with Gasteiger partial charge in [0.1, 0.15) is 5.82 Å². The maximum Gasteiger partial charge on any atom is 0.124 e. The molecule has 1 aliphatic carbocycles. The van der Waals surface area contributed by atoms with Gasteiger partial charge in [-0.05, 0) is 30.5 Å². The molecule has 0 amide bonds. The minimum atomic E-state index is -0.329. The average Bonchev–Trinajstić information content (AvgIpc) is 2.69. The van der Waals surface area contributed by atoms with E-state index in [1.165, 1.54) is 25.0 Å².